The highest BCUT2D eigenvalue weighted by molar-refractivity contribution is 8.00. The van der Waals surface area contributed by atoms with Crippen LogP contribution in [-0.4, -0.2) is 18.0 Å². The van der Waals surface area contributed by atoms with E-state index in [1.807, 2.05) is 0 Å². The number of hydrogen-bond acceptors (Lipinski definition) is 2. The van der Waals surface area contributed by atoms with Gasteiger partial charge in [0.2, 0.25) is 5.63 Å². The van der Waals surface area contributed by atoms with Crippen LogP contribution < -0.4 is 4.74 Å². The molecule has 0 amide bonds. The second-order valence-electron chi connectivity index (χ2n) is 2.64. The van der Waals surface area contributed by atoms with E-state index in [2.05, 4.69) is 0 Å². The van der Waals surface area contributed by atoms with Crippen LogP contribution in [0.25, 0.3) is 0 Å². The van der Waals surface area contributed by atoms with Gasteiger partial charge in [-0.1, -0.05) is 11.6 Å². The first-order valence-electron chi connectivity index (χ1n) is 3.95. The van der Waals surface area contributed by atoms with Gasteiger partial charge in [-0.25, -0.2) is 4.39 Å². The van der Waals surface area contributed by atoms with Crippen molar-refractivity contribution in [1.29, 1.82) is 0 Å². The van der Waals surface area contributed by atoms with E-state index >= 15 is 0 Å². The maximum atomic E-state index is 12.8. The summed E-state index contributed by atoms with van der Waals surface area (Å²) in [6, 6.07) is 5.85. The number of rotatable bonds is 4. The molecule has 6 heteroatoms. The highest BCUT2D eigenvalue weighted by Gasteiger charge is 2.40. The van der Waals surface area contributed by atoms with E-state index in [1.54, 1.807) is 0 Å². The van der Waals surface area contributed by atoms with E-state index in [0.29, 0.717) is 5.75 Å². The van der Waals surface area contributed by atoms with Crippen LogP contribution in [-0.2, 0) is 0 Å². The third kappa shape index (κ3) is 3.50. The van der Waals surface area contributed by atoms with E-state index < -0.39 is 10.9 Å². The van der Waals surface area contributed by atoms with Crippen molar-refractivity contribution in [2.75, 3.05) is 7.11 Å². The number of methoxy groups -OCH3 is 1. The minimum absolute atomic E-state index is 0.0773. The molecule has 0 aliphatic carbocycles. The minimum atomic E-state index is -3.63. The molecule has 0 aliphatic rings. The van der Waals surface area contributed by atoms with Crippen molar-refractivity contribution in [3.8, 4) is 5.75 Å². The molecule has 1 aromatic rings. The lowest BCUT2D eigenvalue weighted by Crippen LogP contribution is -2.20. The number of halogens is 4. The second-order valence-corrected chi connectivity index (χ2v) is 4.24. The Labute approximate surface area is 94.6 Å². The molecule has 0 N–H and O–H groups in total. The molecule has 0 aromatic heterocycles. The Morgan fingerprint density at radius 3 is 2.27 bits per heavy atom. The molecule has 0 heterocycles. The zero-order valence-electron chi connectivity index (χ0n) is 7.72. The van der Waals surface area contributed by atoms with Gasteiger partial charge in [-0.05, 0) is 36.0 Å². The zero-order chi connectivity index (χ0) is 11.5. The third-order valence-electron chi connectivity index (χ3n) is 1.57. The van der Waals surface area contributed by atoms with Gasteiger partial charge in [0.05, 0.1) is 7.11 Å². The molecule has 1 rings (SSSR count). The van der Waals surface area contributed by atoms with Crippen molar-refractivity contribution in [3.05, 3.63) is 24.3 Å². The summed E-state index contributed by atoms with van der Waals surface area (Å²) < 4.78 is 42.8. The third-order valence-corrected chi connectivity index (χ3v) is 2.96. The highest BCUT2D eigenvalue weighted by Crippen LogP contribution is 2.41. The van der Waals surface area contributed by atoms with E-state index in [-0.39, 0.29) is 16.7 Å². The molecule has 1 nitrogen and oxygen atoms in total. The van der Waals surface area contributed by atoms with Crippen LogP contribution in [0.5, 0.6) is 5.75 Å². The monoisotopic (exact) mass is 256 g/mol. The van der Waals surface area contributed by atoms with Crippen molar-refractivity contribution in [3.63, 3.8) is 0 Å². The van der Waals surface area contributed by atoms with E-state index in [0.717, 1.165) is 0 Å². The SMILES string of the molecule is COc1ccc(SC(F)(F)C(F)Cl)cc1. The molecule has 0 bridgehead atoms. The standard InChI is InChI=1S/C9H8ClF3OS/c1-14-6-2-4-7(5-3-6)15-9(12,13)8(10)11/h2-5,8H,1H3. The molecule has 0 aliphatic heterocycles. The van der Waals surface area contributed by atoms with E-state index in [1.165, 1.54) is 31.4 Å². The first-order chi connectivity index (χ1) is 6.95. The van der Waals surface area contributed by atoms with Gasteiger partial charge in [0.1, 0.15) is 5.75 Å². The van der Waals surface area contributed by atoms with Gasteiger partial charge < -0.3 is 4.74 Å². The van der Waals surface area contributed by atoms with Crippen LogP contribution in [0.15, 0.2) is 29.2 Å². The molecule has 0 saturated carbocycles. The molecular formula is C9H8ClF3OS. The Morgan fingerprint density at radius 2 is 1.87 bits per heavy atom. The number of ether oxygens (including phenoxy) is 1. The first kappa shape index (κ1) is 12.5. The van der Waals surface area contributed by atoms with E-state index in [9.17, 15) is 13.2 Å². The lowest BCUT2D eigenvalue weighted by atomic mass is 10.3. The summed E-state index contributed by atoms with van der Waals surface area (Å²) in [5.41, 5.74) is -2.70. The molecule has 0 radical (unpaired) electrons. The van der Waals surface area contributed by atoms with Crippen molar-refractivity contribution in [1.82, 2.24) is 0 Å². The summed E-state index contributed by atoms with van der Waals surface area (Å²) in [7, 11) is 1.47. The Hall–Kier alpha value is -0.550. The molecule has 1 unspecified atom stereocenters. The molecule has 0 saturated heterocycles. The van der Waals surface area contributed by atoms with Crippen LogP contribution in [0.1, 0.15) is 0 Å². The normalized spacial score (nSPS) is 13.7. The van der Waals surface area contributed by atoms with E-state index in [4.69, 9.17) is 16.3 Å². The smallest absolute Gasteiger partial charge is 0.342 e. The average molecular weight is 257 g/mol. The Kier molecular flexibility index (Phi) is 4.16. The van der Waals surface area contributed by atoms with Gasteiger partial charge in [0.15, 0.2) is 0 Å². The average Bonchev–Trinajstić information content (AvgIpc) is 2.18. The fourth-order valence-electron chi connectivity index (χ4n) is 0.845. The fraction of sp³-hybridized carbons (Fsp3) is 0.333. The second kappa shape index (κ2) is 4.99. The molecule has 15 heavy (non-hydrogen) atoms. The van der Waals surface area contributed by atoms with Gasteiger partial charge in [0, 0.05) is 4.90 Å². The summed E-state index contributed by atoms with van der Waals surface area (Å²) in [4.78, 5) is 0.226. The Morgan fingerprint density at radius 1 is 1.33 bits per heavy atom. The first-order valence-corrected chi connectivity index (χ1v) is 5.20. The molecule has 1 atom stereocenters. The number of hydrogen-bond donors (Lipinski definition) is 0. The van der Waals surface area contributed by atoms with Gasteiger partial charge in [0.25, 0.3) is 0 Å². The van der Waals surface area contributed by atoms with Gasteiger partial charge in [-0.15, -0.1) is 0 Å². The summed E-state index contributed by atoms with van der Waals surface area (Å²) in [5, 5.41) is -3.63. The number of thioether (sulfide) groups is 1. The van der Waals surface area contributed by atoms with Gasteiger partial charge >= 0.3 is 5.25 Å². The van der Waals surface area contributed by atoms with Crippen LogP contribution in [0.4, 0.5) is 13.2 Å². The topological polar surface area (TPSA) is 9.23 Å². The molecule has 0 fully saturated rings. The highest BCUT2D eigenvalue weighted by atomic mass is 35.5. The maximum absolute atomic E-state index is 12.8. The van der Waals surface area contributed by atoms with Gasteiger partial charge in [-0.2, -0.15) is 8.78 Å². The van der Waals surface area contributed by atoms with Crippen molar-refractivity contribution >= 4 is 23.4 Å². The largest absolute Gasteiger partial charge is 0.497 e. The molecule has 0 spiro atoms. The summed E-state index contributed by atoms with van der Waals surface area (Å²) in [6.07, 6.45) is 0. The summed E-state index contributed by atoms with van der Waals surface area (Å²) in [5.74, 6) is 0.547. The Bertz CT molecular complexity index is 316. The predicted octanol–water partition coefficient (Wildman–Crippen LogP) is 3.91. The Balaban J connectivity index is 2.73. The lowest BCUT2D eigenvalue weighted by Gasteiger charge is -2.15. The summed E-state index contributed by atoms with van der Waals surface area (Å²) in [6.45, 7) is 0. The quantitative estimate of drug-likeness (QED) is 0.597. The predicted molar refractivity (Wildman–Crippen MR) is 54.5 cm³/mol. The number of benzene rings is 1. The minimum Gasteiger partial charge on any atom is -0.497 e. The van der Waals surface area contributed by atoms with Crippen molar-refractivity contribution in [2.45, 2.75) is 15.8 Å². The van der Waals surface area contributed by atoms with Crippen LogP contribution in [0, 0.1) is 0 Å². The number of alkyl halides is 4. The maximum Gasteiger partial charge on any atom is 0.342 e. The van der Waals surface area contributed by atoms with Gasteiger partial charge in [-0.3, -0.25) is 0 Å². The lowest BCUT2D eigenvalue weighted by molar-refractivity contribution is 0.0537. The van der Waals surface area contributed by atoms with Crippen molar-refractivity contribution < 1.29 is 17.9 Å². The van der Waals surface area contributed by atoms with Crippen LogP contribution >= 0.6 is 23.4 Å². The van der Waals surface area contributed by atoms with Crippen LogP contribution in [0.2, 0.25) is 0 Å². The molecule has 1 aromatic carbocycles. The van der Waals surface area contributed by atoms with Crippen LogP contribution in [0.3, 0.4) is 0 Å². The fourth-order valence-corrected chi connectivity index (χ4v) is 1.65. The summed E-state index contributed by atoms with van der Waals surface area (Å²) >= 11 is 4.79. The molecule has 84 valence electrons. The zero-order valence-corrected chi connectivity index (χ0v) is 9.29. The molecular weight excluding hydrogens is 249 g/mol. The van der Waals surface area contributed by atoms with Crippen molar-refractivity contribution in [2.24, 2.45) is 0 Å².